The molecule has 0 unspecified atom stereocenters. The normalized spacial score (nSPS) is 16.6. The minimum atomic E-state index is -0.456. The summed E-state index contributed by atoms with van der Waals surface area (Å²) in [5.74, 6) is 0.480. The highest BCUT2D eigenvalue weighted by atomic mass is 35.5. The third-order valence-electron chi connectivity index (χ3n) is 3.57. The second-order valence-corrected chi connectivity index (χ2v) is 6.01. The van der Waals surface area contributed by atoms with Crippen molar-refractivity contribution in [1.29, 1.82) is 0 Å². The number of hydrogen-bond acceptors (Lipinski definition) is 4. The number of ketones is 1. The van der Waals surface area contributed by atoms with Gasteiger partial charge in [-0.1, -0.05) is 18.5 Å². The molecule has 1 atom stereocenters. The Morgan fingerprint density at radius 2 is 1.96 bits per heavy atom. The number of nitrogens with one attached hydrogen (secondary N) is 2. The van der Waals surface area contributed by atoms with Crippen LogP contribution in [0.5, 0.6) is 0 Å². The molecule has 0 bridgehead atoms. The first-order valence-electron chi connectivity index (χ1n) is 7.24. The van der Waals surface area contributed by atoms with Crippen LogP contribution in [0, 0.1) is 5.92 Å². The predicted octanol–water partition coefficient (Wildman–Crippen LogP) is 3.54. The molecular weight excluding hydrogens is 316 g/mol. The van der Waals surface area contributed by atoms with Crippen LogP contribution in [-0.4, -0.2) is 21.8 Å². The number of benzene rings is 1. The lowest BCUT2D eigenvalue weighted by atomic mass is 9.88. The Kier molecular flexibility index (Phi) is 4.25. The van der Waals surface area contributed by atoms with E-state index < -0.39 is 6.03 Å². The average Bonchev–Trinajstić information content (AvgIpc) is 2.49. The maximum atomic E-state index is 12.0. The van der Waals surface area contributed by atoms with Crippen LogP contribution in [0.15, 0.2) is 30.5 Å². The number of Topliss-reactive ketones (excluding diaryl/α,β-unsaturated/α-hetero) is 1. The number of hydrogen-bond donors (Lipinski definition) is 2. The van der Waals surface area contributed by atoms with E-state index in [1.807, 2.05) is 6.92 Å². The number of halogens is 1. The molecule has 2 aromatic rings. The maximum absolute atomic E-state index is 12.0. The smallest absolute Gasteiger partial charge is 0.308 e. The molecule has 23 heavy (non-hydrogen) atoms. The van der Waals surface area contributed by atoms with Crippen LogP contribution in [0.1, 0.15) is 29.4 Å². The fourth-order valence-corrected chi connectivity index (χ4v) is 2.62. The van der Waals surface area contributed by atoms with E-state index in [4.69, 9.17) is 11.6 Å². The lowest BCUT2D eigenvalue weighted by Crippen LogP contribution is -2.24. The number of carbonyl (C=O) groups is 2. The molecule has 7 heteroatoms. The van der Waals surface area contributed by atoms with Crippen molar-refractivity contribution >= 4 is 35.1 Å². The van der Waals surface area contributed by atoms with Gasteiger partial charge in [-0.2, -0.15) is 0 Å². The molecule has 6 nitrogen and oxygen atoms in total. The summed E-state index contributed by atoms with van der Waals surface area (Å²) in [4.78, 5) is 32.2. The third-order valence-corrected chi connectivity index (χ3v) is 3.82. The zero-order valence-electron chi connectivity index (χ0n) is 12.5. The first-order valence-corrected chi connectivity index (χ1v) is 7.62. The summed E-state index contributed by atoms with van der Waals surface area (Å²) in [6, 6.07) is 6.29. The Balaban J connectivity index is 1.70. The van der Waals surface area contributed by atoms with Crippen molar-refractivity contribution in [3.8, 4) is 0 Å². The van der Waals surface area contributed by atoms with E-state index in [9.17, 15) is 9.59 Å². The maximum Gasteiger partial charge on any atom is 0.326 e. The molecule has 2 amide bonds. The first-order chi connectivity index (χ1) is 11.0. The van der Waals surface area contributed by atoms with Gasteiger partial charge in [0.1, 0.15) is 0 Å². The molecule has 0 saturated heterocycles. The monoisotopic (exact) mass is 330 g/mol. The van der Waals surface area contributed by atoms with Gasteiger partial charge in [-0.3, -0.25) is 10.1 Å². The molecule has 3 rings (SSSR count). The number of carbonyl (C=O) groups excluding carboxylic acids is 2. The third kappa shape index (κ3) is 3.65. The largest absolute Gasteiger partial charge is 0.326 e. The SMILES string of the molecule is C[C@@H]1CC(=O)c2cnc(NC(=O)Nc3ccc(Cl)cc3)nc2C1. The minimum Gasteiger partial charge on any atom is -0.308 e. The predicted molar refractivity (Wildman–Crippen MR) is 87.9 cm³/mol. The molecule has 118 valence electrons. The lowest BCUT2D eigenvalue weighted by Gasteiger charge is -2.19. The van der Waals surface area contributed by atoms with Crippen molar-refractivity contribution < 1.29 is 9.59 Å². The topological polar surface area (TPSA) is 84.0 Å². The van der Waals surface area contributed by atoms with Gasteiger partial charge in [0.15, 0.2) is 5.78 Å². The Morgan fingerprint density at radius 1 is 1.22 bits per heavy atom. The van der Waals surface area contributed by atoms with Gasteiger partial charge < -0.3 is 5.32 Å². The Bertz CT molecular complexity index is 761. The fraction of sp³-hybridized carbons (Fsp3) is 0.250. The van der Waals surface area contributed by atoms with Gasteiger partial charge >= 0.3 is 6.03 Å². The molecule has 1 aliphatic rings. The van der Waals surface area contributed by atoms with Crippen molar-refractivity contribution in [3.63, 3.8) is 0 Å². The van der Waals surface area contributed by atoms with Crippen LogP contribution in [0.2, 0.25) is 5.02 Å². The molecule has 1 aliphatic carbocycles. The van der Waals surface area contributed by atoms with Gasteiger partial charge in [0.05, 0.1) is 11.3 Å². The summed E-state index contributed by atoms with van der Waals surface area (Å²) < 4.78 is 0. The van der Waals surface area contributed by atoms with Crippen molar-refractivity contribution in [2.75, 3.05) is 10.6 Å². The molecular formula is C16H15ClN4O2. The molecule has 1 aromatic carbocycles. The molecule has 0 fully saturated rings. The molecule has 0 saturated carbocycles. The van der Waals surface area contributed by atoms with Gasteiger partial charge in [0.25, 0.3) is 0 Å². The van der Waals surface area contributed by atoms with Crippen LogP contribution < -0.4 is 10.6 Å². The number of urea groups is 1. The van der Waals surface area contributed by atoms with Gasteiger partial charge in [-0.05, 0) is 36.6 Å². The Morgan fingerprint density at radius 3 is 2.70 bits per heavy atom. The molecule has 1 aromatic heterocycles. The van der Waals surface area contributed by atoms with E-state index in [2.05, 4.69) is 20.6 Å². The highest BCUT2D eigenvalue weighted by Crippen LogP contribution is 2.24. The van der Waals surface area contributed by atoms with E-state index >= 15 is 0 Å². The molecule has 0 aliphatic heterocycles. The number of rotatable bonds is 2. The number of fused-ring (bicyclic) bond motifs is 1. The summed E-state index contributed by atoms with van der Waals surface area (Å²) in [6.45, 7) is 2.00. The zero-order valence-corrected chi connectivity index (χ0v) is 13.2. The summed E-state index contributed by atoms with van der Waals surface area (Å²) >= 11 is 5.79. The first kappa shape index (κ1) is 15.4. The summed E-state index contributed by atoms with van der Waals surface area (Å²) in [7, 11) is 0. The van der Waals surface area contributed by atoms with E-state index in [0.717, 1.165) is 0 Å². The quantitative estimate of drug-likeness (QED) is 0.882. The van der Waals surface area contributed by atoms with Crippen molar-refractivity contribution in [1.82, 2.24) is 9.97 Å². The molecule has 1 heterocycles. The fourth-order valence-electron chi connectivity index (χ4n) is 2.49. The van der Waals surface area contributed by atoms with Crippen LogP contribution in [0.4, 0.5) is 16.4 Å². The lowest BCUT2D eigenvalue weighted by molar-refractivity contribution is 0.0951. The second kappa shape index (κ2) is 6.34. The number of aromatic nitrogens is 2. The molecule has 0 spiro atoms. The molecule has 0 radical (unpaired) electrons. The highest BCUT2D eigenvalue weighted by Gasteiger charge is 2.24. The Labute approximate surface area is 138 Å². The minimum absolute atomic E-state index is 0.0518. The van der Waals surface area contributed by atoms with Gasteiger partial charge in [-0.15, -0.1) is 0 Å². The number of anilines is 2. The van der Waals surface area contributed by atoms with Gasteiger partial charge in [0.2, 0.25) is 5.95 Å². The number of amides is 2. The molecule has 2 N–H and O–H groups in total. The van der Waals surface area contributed by atoms with Crippen LogP contribution in [0.3, 0.4) is 0 Å². The van der Waals surface area contributed by atoms with Gasteiger partial charge in [0, 0.05) is 23.3 Å². The summed E-state index contributed by atoms with van der Waals surface area (Å²) in [5, 5.41) is 5.82. The average molecular weight is 331 g/mol. The van der Waals surface area contributed by atoms with E-state index in [0.29, 0.717) is 34.8 Å². The van der Waals surface area contributed by atoms with Crippen LogP contribution in [0.25, 0.3) is 0 Å². The highest BCUT2D eigenvalue weighted by molar-refractivity contribution is 6.30. The van der Waals surface area contributed by atoms with Crippen LogP contribution in [-0.2, 0) is 6.42 Å². The van der Waals surface area contributed by atoms with E-state index in [1.54, 1.807) is 24.3 Å². The Hall–Kier alpha value is -2.47. The second-order valence-electron chi connectivity index (χ2n) is 5.58. The van der Waals surface area contributed by atoms with Crippen molar-refractivity contribution in [3.05, 3.63) is 46.7 Å². The summed E-state index contributed by atoms with van der Waals surface area (Å²) in [6.07, 6.45) is 2.70. The van der Waals surface area contributed by atoms with E-state index in [-0.39, 0.29) is 17.6 Å². The van der Waals surface area contributed by atoms with Gasteiger partial charge in [-0.25, -0.2) is 14.8 Å². The van der Waals surface area contributed by atoms with Crippen molar-refractivity contribution in [2.24, 2.45) is 5.92 Å². The summed E-state index contributed by atoms with van der Waals surface area (Å²) in [5.41, 5.74) is 1.84. The zero-order chi connectivity index (χ0) is 16.4. The standard InChI is InChI=1S/C16H15ClN4O2/c1-9-6-13-12(14(22)7-9)8-18-15(20-13)21-16(23)19-11-4-2-10(17)3-5-11/h2-5,8-9H,6-7H2,1H3,(H2,18,19,20,21,23)/t9-/m0/s1. The van der Waals surface area contributed by atoms with Crippen LogP contribution >= 0.6 is 11.6 Å². The number of nitrogens with zero attached hydrogens (tertiary/aromatic N) is 2. The van der Waals surface area contributed by atoms with Crippen molar-refractivity contribution in [2.45, 2.75) is 19.8 Å². The van der Waals surface area contributed by atoms with E-state index in [1.165, 1.54) is 6.20 Å².